The number of pyridine rings is 1. The van der Waals surface area contributed by atoms with Crippen molar-refractivity contribution in [2.75, 3.05) is 5.73 Å². The lowest BCUT2D eigenvalue weighted by Crippen LogP contribution is -2.26. The molecule has 3 rings (SSSR count). The number of aliphatic hydroxyl groups is 1. The van der Waals surface area contributed by atoms with E-state index in [9.17, 15) is 5.11 Å². The van der Waals surface area contributed by atoms with Crippen LogP contribution in [-0.2, 0) is 5.60 Å². The molecule has 1 aromatic carbocycles. The van der Waals surface area contributed by atoms with Crippen LogP contribution in [0, 0.1) is 0 Å². The van der Waals surface area contributed by atoms with E-state index in [1.165, 1.54) is 0 Å². The Balaban J connectivity index is 2.21. The highest BCUT2D eigenvalue weighted by molar-refractivity contribution is 5.56. The van der Waals surface area contributed by atoms with E-state index < -0.39 is 5.60 Å². The van der Waals surface area contributed by atoms with Crippen molar-refractivity contribution in [3.8, 4) is 0 Å². The monoisotopic (exact) mass is 241 g/mol. The highest BCUT2D eigenvalue weighted by Crippen LogP contribution is 2.47. The Morgan fingerprint density at radius 3 is 2.78 bits per heavy atom. The van der Waals surface area contributed by atoms with Gasteiger partial charge in [0.2, 0.25) is 0 Å². The van der Waals surface area contributed by atoms with Crippen LogP contribution in [0.3, 0.4) is 0 Å². The number of anilines is 1. The quantitative estimate of drug-likeness (QED) is 0.702. The summed E-state index contributed by atoms with van der Waals surface area (Å²) < 4.78 is 0. The summed E-state index contributed by atoms with van der Waals surface area (Å²) in [7, 11) is 0. The third-order valence-electron chi connectivity index (χ3n) is 3.62. The van der Waals surface area contributed by atoms with Gasteiger partial charge in [-0.1, -0.05) is 24.3 Å². The third kappa shape index (κ3) is 1.43. The van der Waals surface area contributed by atoms with Gasteiger partial charge in [0.25, 0.3) is 0 Å². The Hall–Kier alpha value is -1.91. The van der Waals surface area contributed by atoms with Gasteiger partial charge >= 0.3 is 0 Å². The molecule has 2 atom stereocenters. The number of rotatable bonds is 1. The molecule has 4 heteroatoms. The van der Waals surface area contributed by atoms with E-state index >= 15 is 0 Å². The Morgan fingerprint density at radius 1 is 1.22 bits per heavy atom. The van der Waals surface area contributed by atoms with Crippen molar-refractivity contribution < 1.29 is 5.11 Å². The first-order chi connectivity index (χ1) is 8.63. The molecule has 1 aliphatic carbocycles. The first kappa shape index (κ1) is 11.2. The second kappa shape index (κ2) is 3.80. The molecule has 4 nitrogen and oxygen atoms in total. The maximum absolute atomic E-state index is 11.0. The summed E-state index contributed by atoms with van der Waals surface area (Å²) in [5.41, 5.74) is 13.9. The molecule has 2 unspecified atom stereocenters. The minimum Gasteiger partial charge on any atom is -0.398 e. The first-order valence-electron chi connectivity index (χ1n) is 5.90. The van der Waals surface area contributed by atoms with E-state index in [1.807, 2.05) is 24.3 Å². The summed E-state index contributed by atoms with van der Waals surface area (Å²) >= 11 is 0. The molecule has 1 aliphatic rings. The normalized spacial score (nSPS) is 26.0. The highest BCUT2D eigenvalue weighted by atomic mass is 16.3. The zero-order chi connectivity index (χ0) is 12.8. The molecule has 2 aromatic rings. The van der Waals surface area contributed by atoms with Gasteiger partial charge in [-0.15, -0.1) is 0 Å². The largest absolute Gasteiger partial charge is 0.398 e. The van der Waals surface area contributed by atoms with Gasteiger partial charge in [-0.3, -0.25) is 4.98 Å². The van der Waals surface area contributed by atoms with Crippen LogP contribution in [0.4, 0.5) is 5.69 Å². The van der Waals surface area contributed by atoms with Crippen LogP contribution < -0.4 is 11.5 Å². The van der Waals surface area contributed by atoms with Crippen LogP contribution in [0.5, 0.6) is 0 Å². The summed E-state index contributed by atoms with van der Waals surface area (Å²) in [6.45, 7) is 0. The van der Waals surface area contributed by atoms with Gasteiger partial charge in [0, 0.05) is 36.1 Å². The molecule has 0 radical (unpaired) electrons. The minimum atomic E-state index is -1.13. The van der Waals surface area contributed by atoms with Crippen molar-refractivity contribution in [2.45, 2.75) is 18.1 Å². The summed E-state index contributed by atoms with van der Waals surface area (Å²) in [6, 6.07) is 9.19. The van der Waals surface area contributed by atoms with Crippen LogP contribution in [0.25, 0.3) is 0 Å². The number of hydrogen-bond acceptors (Lipinski definition) is 4. The predicted molar refractivity (Wildman–Crippen MR) is 69.6 cm³/mol. The fraction of sp³-hybridized carbons (Fsp3) is 0.214. The molecule has 5 N–H and O–H groups in total. The molecule has 0 saturated carbocycles. The van der Waals surface area contributed by atoms with Crippen LogP contribution in [0.2, 0.25) is 0 Å². The lowest BCUT2D eigenvalue weighted by Gasteiger charge is -2.25. The van der Waals surface area contributed by atoms with Crippen molar-refractivity contribution in [1.29, 1.82) is 0 Å². The zero-order valence-corrected chi connectivity index (χ0v) is 9.88. The van der Waals surface area contributed by atoms with Gasteiger partial charge in [-0.2, -0.15) is 0 Å². The van der Waals surface area contributed by atoms with Crippen LogP contribution in [-0.4, -0.2) is 10.1 Å². The van der Waals surface area contributed by atoms with Crippen molar-refractivity contribution in [2.24, 2.45) is 5.73 Å². The molecular weight excluding hydrogens is 226 g/mol. The summed E-state index contributed by atoms with van der Waals surface area (Å²) in [5.74, 6) is 0. The third-order valence-corrected chi connectivity index (χ3v) is 3.62. The summed E-state index contributed by atoms with van der Waals surface area (Å²) in [4.78, 5) is 4.05. The molecule has 0 bridgehead atoms. The van der Waals surface area contributed by atoms with Crippen LogP contribution in [0.15, 0.2) is 42.7 Å². The Labute approximate surface area is 105 Å². The van der Waals surface area contributed by atoms with Crippen LogP contribution in [0.1, 0.15) is 29.2 Å². The Morgan fingerprint density at radius 2 is 2.00 bits per heavy atom. The summed E-state index contributed by atoms with van der Waals surface area (Å²) in [6.07, 6.45) is 3.66. The van der Waals surface area contributed by atoms with E-state index in [0.717, 1.165) is 11.1 Å². The number of benzene rings is 1. The van der Waals surface area contributed by atoms with E-state index in [-0.39, 0.29) is 6.04 Å². The number of nitrogen functional groups attached to an aromatic ring is 1. The SMILES string of the molecule is Nc1ccncc1C1(O)CC(N)c2ccccc21. The number of hydrogen-bond donors (Lipinski definition) is 3. The van der Waals surface area contributed by atoms with Gasteiger partial charge in [0.15, 0.2) is 0 Å². The molecule has 0 spiro atoms. The molecule has 0 amide bonds. The van der Waals surface area contributed by atoms with Crippen molar-refractivity contribution in [3.05, 3.63) is 59.4 Å². The number of aromatic nitrogens is 1. The molecule has 18 heavy (non-hydrogen) atoms. The van der Waals surface area contributed by atoms with Gasteiger partial charge in [0.1, 0.15) is 5.60 Å². The number of fused-ring (bicyclic) bond motifs is 1. The van der Waals surface area contributed by atoms with E-state index in [2.05, 4.69) is 4.98 Å². The topological polar surface area (TPSA) is 85.2 Å². The second-order valence-electron chi connectivity index (χ2n) is 4.72. The maximum Gasteiger partial charge on any atom is 0.120 e. The number of nitrogens with zero attached hydrogens (tertiary/aromatic N) is 1. The molecule has 0 aliphatic heterocycles. The standard InChI is InChI=1S/C14H15N3O/c15-12-5-6-17-8-11(12)14(18)7-13(16)9-3-1-2-4-10(9)14/h1-6,8,13,18H,7,16H2,(H2,15,17). The van der Waals surface area contributed by atoms with Crippen LogP contribution >= 0.6 is 0 Å². The fourth-order valence-electron chi connectivity index (χ4n) is 2.74. The number of nitrogens with two attached hydrogens (primary N) is 2. The smallest absolute Gasteiger partial charge is 0.120 e. The lowest BCUT2D eigenvalue weighted by molar-refractivity contribution is 0.0780. The second-order valence-corrected chi connectivity index (χ2v) is 4.72. The Kier molecular flexibility index (Phi) is 2.36. The van der Waals surface area contributed by atoms with Crippen molar-refractivity contribution in [1.82, 2.24) is 4.98 Å². The van der Waals surface area contributed by atoms with Gasteiger partial charge < -0.3 is 16.6 Å². The molecule has 1 heterocycles. The highest BCUT2D eigenvalue weighted by Gasteiger charge is 2.43. The van der Waals surface area contributed by atoms with E-state index in [1.54, 1.807) is 18.5 Å². The van der Waals surface area contributed by atoms with E-state index in [0.29, 0.717) is 17.7 Å². The predicted octanol–water partition coefficient (Wildman–Crippen LogP) is 1.30. The van der Waals surface area contributed by atoms with Crippen molar-refractivity contribution in [3.63, 3.8) is 0 Å². The lowest BCUT2D eigenvalue weighted by atomic mass is 9.88. The summed E-state index contributed by atoms with van der Waals surface area (Å²) in [5, 5.41) is 11.0. The van der Waals surface area contributed by atoms with Gasteiger partial charge in [-0.25, -0.2) is 0 Å². The molecule has 92 valence electrons. The van der Waals surface area contributed by atoms with Gasteiger partial charge in [-0.05, 0) is 17.2 Å². The molecule has 1 aromatic heterocycles. The fourth-order valence-corrected chi connectivity index (χ4v) is 2.74. The molecular formula is C14H15N3O. The maximum atomic E-state index is 11.0. The molecule has 0 fully saturated rings. The first-order valence-corrected chi connectivity index (χ1v) is 5.90. The average Bonchev–Trinajstić information content (AvgIpc) is 2.64. The van der Waals surface area contributed by atoms with Crippen molar-refractivity contribution >= 4 is 5.69 Å². The molecule has 0 saturated heterocycles. The zero-order valence-electron chi connectivity index (χ0n) is 9.88. The Bertz CT molecular complexity index is 599. The van der Waals surface area contributed by atoms with E-state index in [4.69, 9.17) is 11.5 Å². The minimum absolute atomic E-state index is 0.175. The average molecular weight is 241 g/mol. The van der Waals surface area contributed by atoms with Gasteiger partial charge in [0.05, 0.1) is 0 Å².